The molecule has 0 aliphatic heterocycles. The van der Waals surface area contributed by atoms with Crippen LogP contribution in [0.3, 0.4) is 0 Å². The molecule has 36 heavy (non-hydrogen) atoms. The van der Waals surface area contributed by atoms with Gasteiger partial charge in [0.05, 0.1) is 11.9 Å². The number of carboxylic acid groups (broad SMARTS) is 2. The Balaban J connectivity index is 0.000000493. The Morgan fingerprint density at radius 2 is 1.36 bits per heavy atom. The van der Waals surface area contributed by atoms with Crippen molar-refractivity contribution in [1.29, 1.82) is 0 Å². The summed E-state index contributed by atoms with van der Waals surface area (Å²) in [7, 11) is 0. The van der Waals surface area contributed by atoms with E-state index in [0.717, 1.165) is 19.4 Å². The lowest BCUT2D eigenvalue weighted by Crippen LogP contribution is -2.31. The molecule has 5 nitrogen and oxygen atoms in total. The molecule has 0 aliphatic rings. The molecule has 0 saturated heterocycles. The molecule has 0 aromatic heterocycles. The molecule has 3 rings (SSSR count). The maximum absolute atomic E-state index is 9.41. The first-order valence-corrected chi connectivity index (χ1v) is 13.0. The number of thioether (sulfide) groups is 1. The molecule has 1 N–H and O–H groups in total. The number of hydrogen-bond acceptors (Lipinski definition) is 6. The first-order chi connectivity index (χ1) is 17.5. The van der Waals surface area contributed by atoms with Gasteiger partial charge in [0.1, 0.15) is 0 Å². The summed E-state index contributed by atoms with van der Waals surface area (Å²) in [5.41, 5.74) is 2.84. The van der Waals surface area contributed by atoms with Gasteiger partial charge in [0.15, 0.2) is 0 Å². The Labute approximate surface area is 218 Å². The second kappa shape index (κ2) is 17.1. The summed E-state index contributed by atoms with van der Waals surface area (Å²) in [6.07, 6.45) is 5.40. The van der Waals surface area contributed by atoms with Gasteiger partial charge in [0.25, 0.3) is 0 Å². The molecule has 0 radical (unpaired) electrons. The zero-order valence-corrected chi connectivity index (χ0v) is 21.4. The molecule has 3 aromatic rings. The van der Waals surface area contributed by atoms with Crippen LogP contribution in [0.1, 0.15) is 42.6 Å². The Morgan fingerprint density at radius 3 is 1.89 bits per heavy atom. The van der Waals surface area contributed by atoms with E-state index >= 15 is 0 Å². The van der Waals surface area contributed by atoms with E-state index in [9.17, 15) is 19.8 Å². The van der Waals surface area contributed by atoms with Crippen LogP contribution < -0.4 is 15.5 Å². The fourth-order valence-electron chi connectivity index (χ4n) is 3.61. The van der Waals surface area contributed by atoms with Gasteiger partial charge >= 0.3 is 0 Å². The van der Waals surface area contributed by atoms with Crippen LogP contribution in [0.15, 0.2) is 108 Å². The van der Waals surface area contributed by atoms with E-state index in [4.69, 9.17) is 0 Å². The highest BCUT2D eigenvalue weighted by Gasteiger charge is 2.13. The molecular formula is C30H33NO4S-2. The Kier molecular flexibility index (Phi) is 13.8. The van der Waals surface area contributed by atoms with E-state index in [1.54, 1.807) is 0 Å². The summed E-state index contributed by atoms with van der Waals surface area (Å²) in [6, 6.07) is 33.1. The molecule has 0 heterocycles. The van der Waals surface area contributed by atoms with Crippen molar-refractivity contribution in [2.45, 2.75) is 48.8 Å². The minimum atomic E-state index is -1.55. The number of carbonyl (C=O) groups is 2. The highest BCUT2D eigenvalue weighted by atomic mass is 32.2. The van der Waals surface area contributed by atoms with Crippen LogP contribution in [0.2, 0.25) is 0 Å². The Morgan fingerprint density at radius 1 is 0.833 bits per heavy atom. The normalized spacial score (nSPS) is 12.4. The van der Waals surface area contributed by atoms with Gasteiger partial charge in [0.2, 0.25) is 0 Å². The van der Waals surface area contributed by atoms with Crippen molar-refractivity contribution in [2.75, 3.05) is 6.54 Å². The minimum Gasteiger partial charge on any atom is -0.545 e. The van der Waals surface area contributed by atoms with Crippen LogP contribution in [0.4, 0.5) is 0 Å². The van der Waals surface area contributed by atoms with Gasteiger partial charge < -0.3 is 25.1 Å². The third-order valence-corrected chi connectivity index (χ3v) is 6.78. The van der Waals surface area contributed by atoms with Crippen LogP contribution in [0, 0.1) is 0 Å². The number of nitrogens with one attached hydrogen (secondary N) is 1. The largest absolute Gasteiger partial charge is 0.545 e. The summed E-state index contributed by atoms with van der Waals surface area (Å²) < 4.78 is 0. The lowest BCUT2D eigenvalue weighted by molar-refractivity contribution is -0.301. The highest BCUT2D eigenvalue weighted by Crippen LogP contribution is 2.38. The molecule has 2 atom stereocenters. The number of carbonyl (C=O) groups excluding carboxylic acids is 2. The average Bonchev–Trinajstić information content (AvgIpc) is 2.90. The van der Waals surface area contributed by atoms with Crippen molar-refractivity contribution in [1.82, 2.24) is 5.32 Å². The minimum absolute atomic E-state index is 0.384. The summed E-state index contributed by atoms with van der Waals surface area (Å²) in [5.74, 6) is -3.09. The van der Waals surface area contributed by atoms with Gasteiger partial charge in [-0.15, -0.1) is 11.8 Å². The molecule has 0 saturated carbocycles. The number of hydrogen-bond donors (Lipinski definition) is 1. The molecule has 0 spiro atoms. The van der Waals surface area contributed by atoms with E-state index in [0.29, 0.717) is 23.4 Å². The van der Waals surface area contributed by atoms with Gasteiger partial charge in [-0.05, 0) is 67.6 Å². The molecule has 3 aromatic carbocycles. The third kappa shape index (κ3) is 12.4. The summed E-state index contributed by atoms with van der Waals surface area (Å²) in [4.78, 5) is 20.2. The van der Waals surface area contributed by atoms with E-state index in [-0.39, 0.29) is 0 Å². The molecule has 6 heteroatoms. The zero-order valence-electron chi connectivity index (χ0n) is 20.5. The smallest absolute Gasteiger partial charge is 0.0643 e. The lowest BCUT2D eigenvalue weighted by Gasteiger charge is -2.20. The van der Waals surface area contributed by atoms with Gasteiger partial charge in [-0.25, -0.2) is 0 Å². The van der Waals surface area contributed by atoms with Crippen molar-refractivity contribution in [3.8, 4) is 0 Å². The van der Waals surface area contributed by atoms with Crippen LogP contribution >= 0.6 is 11.8 Å². The number of carboxylic acids is 2. The standard InChI is InChI=1S/C26H31NS.C4H4O4/c1-2-24(21-22-13-6-3-7-14-22)27-20-12-19-26(23-15-8-4-9-16-23)28-25-17-10-5-11-18-25;5-3(6)1-2-4(7)8/h3-11,13-18,24,26-27H,2,12,19-21H2,1H3;1-2H,(H,5,6)(H,7,8)/p-2/b;2-1-. The Hall–Kier alpha value is -3.35. The predicted octanol–water partition coefficient (Wildman–Crippen LogP) is 3.95. The topological polar surface area (TPSA) is 92.3 Å². The fourth-order valence-corrected chi connectivity index (χ4v) is 4.83. The second-order valence-corrected chi connectivity index (χ2v) is 9.47. The number of rotatable bonds is 13. The van der Waals surface area contributed by atoms with Crippen LogP contribution in [0.5, 0.6) is 0 Å². The first kappa shape index (κ1) is 28.9. The van der Waals surface area contributed by atoms with Crippen molar-refractivity contribution < 1.29 is 19.8 Å². The quantitative estimate of drug-likeness (QED) is 0.216. The summed E-state index contributed by atoms with van der Waals surface area (Å²) in [6.45, 7) is 3.35. The number of aliphatic carboxylic acids is 2. The molecule has 0 bridgehead atoms. The van der Waals surface area contributed by atoms with Gasteiger partial charge in [-0.3, -0.25) is 0 Å². The van der Waals surface area contributed by atoms with Crippen LogP contribution in [0.25, 0.3) is 0 Å². The lowest BCUT2D eigenvalue weighted by atomic mass is 10.0. The predicted molar refractivity (Wildman–Crippen MR) is 142 cm³/mol. The van der Waals surface area contributed by atoms with Crippen molar-refractivity contribution >= 4 is 23.7 Å². The monoisotopic (exact) mass is 503 g/mol. The molecule has 2 unspecified atom stereocenters. The van der Waals surface area contributed by atoms with Crippen molar-refractivity contribution in [2.24, 2.45) is 0 Å². The second-order valence-electron chi connectivity index (χ2n) is 8.19. The maximum atomic E-state index is 9.41. The summed E-state index contributed by atoms with van der Waals surface area (Å²) in [5, 5.41) is 23.1. The Bertz CT molecular complexity index is 1030. The van der Waals surface area contributed by atoms with Crippen molar-refractivity contribution in [3.05, 3.63) is 114 Å². The molecule has 190 valence electrons. The van der Waals surface area contributed by atoms with Crippen LogP contribution in [-0.4, -0.2) is 24.5 Å². The fraction of sp³-hybridized carbons (Fsp3) is 0.267. The van der Waals surface area contributed by atoms with E-state index in [2.05, 4.69) is 103 Å². The van der Waals surface area contributed by atoms with Gasteiger partial charge in [-0.2, -0.15) is 0 Å². The number of benzene rings is 3. The van der Waals surface area contributed by atoms with Crippen LogP contribution in [-0.2, 0) is 16.0 Å². The van der Waals surface area contributed by atoms with E-state index in [1.165, 1.54) is 28.9 Å². The molecule has 0 amide bonds. The SMILES string of the molecule is CCC(Cc1ccccc1)NCCCC(Sc1ccccc1)c1ccccc1.O=C([O-])/C=C\C(=O)[O-]. The zero-order chi connectivity index (χ0) is 26.0. The third-order valence-electron chi connectivity index (χ3n) is 5.44. The first-order valence-electron chi connectivity index (χ1n) is 12.1. The van der Waals surface area contributed by atoms with Gasteiger partial charge in [-0.1, -0.05) is 85.8 Å². The van der Waals surface area contributed by atoms with Crippen molar-refractivity contribution in [3.63, 3.8) is 0 Å². The summed E-state index contributed by atoms with van der Waals surface area (Å²) >= 11 is 1.98. The molecule has 0 fully saturated rings. The molecule has 0 aliphatic carbocycles. The highest BCUT2D eigenvalue weighted by molar-refractivity contribution is 7.99. The average molecular weight is 504 g/mol. The van der Waals surface area contributed by atoms with E-state index in [1.807, 2.05) is 11.8 Å². The maximum Gasteiger partial charge on any atom is 0.0643 e. The molecular weight excluding hydrogens is 470 g/mol. The van der Waals surface area contributed by atoms with Gasteiger partial charge in [0, 0.05) is 16.2 Å². The van der Waals surface area contributed by atoms with E-state index < -0.39 is 11.9 Å².